The third-order valence-corrected chi connectivity index (χ3v) is 5.68. The standard InChI is InChI=1S/C23H15BrO/c1-25-17-4-2-3-16(13-17)18-9-5-14-7-11-20-21(24)12-8-15-6-10-19(18)22(14)23(15)20/h2-13H,1H3. The fourth-order valence-corrected chi connectivity index (χ4v) is 4.27. The molecule has 0 N–H and O–H groups in total. The van der Waals surface area contributed by atoms with Crippen LogP contribution in [0.15, 0.2) is 77.3 Å². The molecule has 25 heavy (non-hydrogen) atoms. The Morgan fingerprint density at radius 1 is 0.720 bits per heavy atom. The van der Waals surface area contributed by atoms with Crippen molar-refractivity contribution in [1.82, 2.24) is 0 Å². The second-order valence-electron chi connectivity index (χ2n) is 6.31. The minimum Gasteiger partial charge on any atom is -0.497 e. The minimum absolute atomic E-state index is 0.880. The van der Waals surface area contributed by atoms with Crippen LogP contribution in [0.25, 0.3) is 43.4 Å². The summed E-state index contributed by atoms with van der Waals surface area (Å²) in [6.07, 6.45) is 0. The predicted molar refractivity (Wildman–Crippen MR) is 110 cm³/mol. The van der Waals surface area contributed by atoms with Crippen molar-refractivity contribution in [3.8, 4) is 16.9 Å². The van der Waals surface area contributed by atoms with Gasteiger partial charge in [0.25, 0.3) is 0 Å². The van der Waals surface area contributed by atoms with Gasteiger partial charge < -0.3 is 4.74 Å². The van der Waals surface area contributed by atoms with E-state index in [0.29, 0.717) is 0 Å². The first kappa shape index (κ1) is 14.7. The molecule has 0 radical (unpaired) electrons. The van der Waals surface area contributed by atoms with Gasteiger partial charge in [-0.15, -0.1) is 0 Å². The van der Waals surface area contributed by atoms with E-state index in [1.807, 2.05) is 12.1 Å². The van der Waals surface area contributed by atoms with Crippen molar-refractivity contribution in [2.24, 2.45) is 0 Å². The average Bonchev–Trinajstić information content (AvgIpc) is 2.67. The van der Waals surface area contributed by atoms with Crippen molar-refractivity contribution in [2.45, 2.75) is 0 Å². The fourth-order valence-electron chi connectivity index (χ4n) is 3.81. The van der Waals surface area contributed by atoms with Gasteiger partial charge in [0.05, 0.1) is 7.11 Å². The molecule has 1 nitrogen and oxygen atoms in total. The van der Waals surface area contributed by atoms with Crippen molar-refractivity contribution < 1.29 is 4.74 Å². The van der Waals surface area contributed by atoms with Gasteiger partial charge in [-0.1, -0.05) is 70.5 Å². The smallest absolute Gasteiger partial charge is 0.119 e. The van der Waals surface area contributed by atoms with E-state index < -0.39 is 0 Å². The highest BCUT2D eigenvalue weighted by Gasteiger charge is 2.13. The van der Waals surface area contributed by atoms with Gasteiger partial charge >= 0.3 is 0 Å². The van der Waals surface area contributed by atoms with E-state index in [2.05, 4.69) is 76.6 Å². The van der Waals surface area contributed by atoms with E-state index in [1.54, 1.807) is 7.11 Å². The molecule has 0 aliphatic heterocycles. The van der Waals surface area contributed by atoms with Gasteiger partial charge in [0.2, 0.25) is 0 Å². The third-order valence-electron chi connectivity index (χ3n) is 4.99. The van der Waals surface area contributed by atoms with Gasteiger partial charge in [-0.05, 0) is 61.6 Å². The van der Waals surface area contributed by atoms with E-state index in [4.69, 9.17) is 4.74 Å². The van der Waals surface area contributed by atoms with Crippen molar-refractivity contribution >= 4 is 48.2 Å². The number of hydrogen-bond donors (Lipinski definition) is 0. The summed E-state index contributed by atoms with van der Waals surface area (Å²) in [5.41, 5.74) is 2.41. The number of methoxy groups -OCH3 is 1. The van der Waals surface area contributed by atoms with Crippen LogP contribution in [0.5, 0.6) is 5.75 Å². The summed E-state index contributed by atoms with van der Waals surface area (Å²) in [4.78, 5) is 0. The van der Waals surface area contributed by atoms with Crippen LogP contribution < -0.4 is 4.74 Å². The van der Waals surface area contributed by atoms with Crippen molar-refractivity contribution in [2.75, 3.05) is 7.11 Å². The van der Waals surface area contributed by atoms with Crippen LogP contribution >= 0.6 is 15.9 Å². The first-order valence-electron chi connectivity index (χ1n) is 8.27. The van der Waals surface area contributed by atoms with Gasteiger partial charge in [-0.2, -0.15) is 0 Å². The molecule has 5 aromatic carbocycles. The topological polar surface area (TPSA) is 9.23 Å². The van der Waals surface area contributed by atoms with Gasteiger partial charge in [-0.3, -0.25) is 0 Å². The zero-order chi connectivity index (χ0) is 17.0. The summed E-state index contributed by atoms with van der Waals surface area (Å²) in [5, 5.41) is 7.75. The van der Waals surface area contributed by atoms with Crippen LogP contribution in [0.2, 0.25) is 0 Å². The zero-order valence-corrected chi connectivity index (χ0v) is 15.3. The van der Waals surface area contributed by atoms with E-state index in [0.717, 1.165) is 10.2 Å². The Morgan fingerprint density at radius 2 is 1.40 bits per heavy atom. The second-order valence-corrected chi connectivity index (χ2v) is 7.17. The molecule has 0 spiro atoms. The molecule has 0 aliphatic rings. The molecule has 0 saturated carbocycles. The minimum atomic E-state index is 0.880. The van der Waals surface area contributed by atoms with Crippen LogP contribution in [-0.4, -0.2) is 7.11 Å². The highest BCUT2D eigenvalue weighted by Crippen LogP contribution is 2.41. The van der Waals surface area contributed by atoms with Gasteiger partial charge in [0.15, 0.2) is 0 Å². The van der Waals surface area contributed by atoms with E-state index >= 15 is 0 Å². The summed E-state index contributed by atoms with van der Waals surface area (Å²) in [6, 6.07) is 25.9. The molecule has 2 heteroatoms. The summed E-state index contributed by atoms with van der Waals surface area (Å²) in [7, 11) is 1.71. The lowest BCUT2D eigenvalue weighted by Crippen LogP contribution is -1.88. The molecule has 0 amide bonds. The van der Waals surface area contributed by atoms with Crippen LogP contribution in [0.3, 0.4) is 0 Å². The molecule has 0 aliphatic carbocycles. The van der Waals surface area contributed by atoms with Crippen LogP contribution in [0.4, 0.5) is 0 Å². The Morgan fingerprint density at radius 3 is 2.20 bits per heavy atom. The van der Waals surface area contributed by atoms with E-state index in [-0.39, 0.29) is 0 Å². The second kappa shape index (κ2) is 5.47. The van der Waals surface area contributed by atoms with E-state index in [1.165, 1.54) is 43.4 Å². The molecule has 0 bridgehead atoms. The van der Waals surface area contributed by atoms with Crippen LogP contribution in [0, 0.1) is 0 Å². The van der Waals surface area contributed by atoms with Crippen LogP contribution in [0.1, 0.15) is 0 Å². The summed E-state index contributed by atoms with van der Waals surface area (Å²) in [6.45, 7) is 0. The summed E-state index contributed by atoms with van der Waals surface area (Å²) in [5.74, 6) is 0.880. The van der Waals surface area contributed by atoms with Gasteiger partial charge in [0, 0.05) is 4.47 Å². The maximum Gasteiger partial charge on any atom is 0.119 e. The molecule has 120 valence electrons. The van der Waals surface area contributed by atoms with Crippen molar-refractivity contribution in [3.05, 3.63) is 77.3 Å². The number of benzene rings is 5. The maximum atomic E-state index is 5.41. The first-order chi connectivity index (χ1) is 12.3. The number of ether oxygens (including phenoxy) is 1. The Labute approximate surface area is 154 Å². The molecule has 0 heterocycles. The SMILES string of the molecule is COc1cccc(-c2ccc3ccc4c(Br)ccc5ccc2c3c54)c1. The number of halogens is 1. The van der Waals surface area contributed by atoms with Crippen molar-refractivity contribution in [1.29, 1.82) is 0 Å². The quantitative estimate of drug-likeness (QED) is 0.296. The Balaban J connectivity index is 1.94. The number of rotatable bonds is 2. The molecule has 5 rings (SSSR count). The Bertz CT molecular complexity index is 1240. The lowest BCUT2D eigenvalue weighted by Gasteiger charge is -2.15. The molecule has 0 unspecified atom stereocenters. The monoisotopic (exact) mass is 386 g/mol. The summed E-state index contributed by atoms with van der Waals surface area (Å²) >= 11 is 3.71. The van der Waals surface area contributed by atoms with Gasteiger partial charge in [0.1, 0.15) is 5.75 Å². The van der Waals surface area contributed by atoms with Gasteiger partial charge in [-0.25, -0.2) is 0 Å². The molecular formula is C23H15BrO. The lowest BCUT2D eigenvalue weighted by atomic mass is 9.90. The number of hydrogen-bond acceptors (Lipinski definition) is 1. The molecule has 0 atom stereocenters. The van der Waals surface area contributed by atoms with Crippen LogP contribution in [-0.2, 0) is 0 Å². The Kier molecular flexibility index (Phi) is 3.22. The first-order valence-corrected chi connectivity index (χ1v) is 9.06. The normalized spacial score (nSPS) is 11.6. The lowest BCUT2D eigenvalue weighted by molar-refractivity contribution is 0.415. The highest BCUT2D eigenvalue weighted by molar-refractivity contribution is 9.10. The largest absolute Gasteiger partial charge is 0.497 e. The fraction of sp³-hybridized carbons (Fsp3) is 0.0435. The molecule has 0 saturated heterocycles. The van der Waals surface area contributed by atoms with Crippen molar-refractivity contribution in [3.63, 3.8) is 0 Å². The zero-order valence-electron chi connectivity index (χ0n) is 13.7. The average molecular weight is 387 g/mol. The molecule has 5 aromatic rings. The third kappa shape index (κ3) is 2.14. The highest BCUT2D eigenvalue weighted by atomic mass is 79.9. The molecular weight excluding hydrogens is 372 g/mol. The molecule has 0 fully saturated rings. The molecule has 0 aromatic heterocycles. The Hall–Kier alpha value is -2.58. The van der Waals surface area contributed by atoms with E-state index in [9.17, 15) is 0 Å². The summed E-state index contributed by atoms with van der Waals surface area (Å²) < 4.78 is 6.55. The maximum absolute atomic E-state index is 5.41. The predicted octanol–water partition coefficient (Wildman–Crippen LogP) is 7.02.